The number of ether oxygens (including phenoxy) is 1. The van der Waals surface area contributed by atoms with E-state index in [1.54, 1.807) is 20.8 Å². The Bertz CT molecular complexity index is 636. The van der Waals surface area contributed by atoms with Crippen LogP contribution in [0.1, 0.15) is 25.3 Å². The van der Waals surface area contributed by atoms with Crippen molar-refractivity contribution in [2.75, 3.05) is 7.11 Å². The minimum atomic E-state index is -4.66. The van der Waals surface area contributed by atoms with E-state index in [1.807, 2.05) is 0 Å². The number of alkyl halides is 3. The van der Waals surface area contributed by atoms with Gasteiger partial charge in [0.2, 0.25) is 0 Å². The van der Waals surface area contributed by atoms with E-state index in [0.29, 0.717) is 5.76 Å². The van der Waals surface area contributed by atoms with Gasteiger partial charge < -0.3 is 9.26 Å². The van der Waals surface area contributed by atoms with Crippen LogP contribution in [-0.4, -0.2) is 24.4 Å². The van der Waals surface area contributed by atoms with Gasteiger partial charge in [0.05, 0.1) is 7.11 Å². The molecule has 2 rings (SSSR count). The van der Waals surface area contributed by atoms with Gasteiger partial charge in [-0.15, -0.1) is 0 Å². The molecular formula is C14H15ClF3NO3. The first-order valence-electron chi connectivity index (χ1n) is 6.46. The summed E-state index contributed by atoms with van der Waals surface area (Å²) in [6.07, 6.45) is -3.82. The van der Waals surface area contributed by atoms with Crippen molar-refractivity contribution in [1.82, 2.24) is 5.16 Å². The van der Waals surface area contributed by atoms with Gasteiger partial charge in [0.1, 0.15) is 21.9 Å². The van der Waals surface area contributed by atoms with Crippen molar-refractivity contribution in [3.05, 3.63) is 28.6 Å². The minimum absolute atomic E-state index is 0.245. The summed E-state index contributed by atoms with van der Waals surface area (Å²) in [7, 11) is 1.18. The Morgan fingerprint density at radius 2 is 2.09 bits per heavy atom. The van der Waals surface area contributed by atoms with Crippen LogP contribution in [0, 0.1) is 18.3 Å². The Morgan fingerprint density at radius 3 is 2.50 bits per heavy atom. The molecule has 0 aliphatic heterocycles. The summed E-state index contributed by atoms with van der Waals surface area (Å²) >= 11 is 5.33. The average Bonchev–Trinajstić information content (AvgIpc) is 2.72. The molecule has 0 saturated heterocycles. The third kappa shape index (κ3) is 2.22. The number of hydrogen-bond acceptors (Lipinski definition) is 4. The van der Waals surface area contributed by atoms with Crippen LogP contribution in [0.5, 0.6) is 0 Å². The normalized spacial score (nSPS) is 27.6. The number of esters is 1. The van der Waals surface area contributed by atoms with Gasteiger partial charge in [-0.2, -0.15) is 13.2 Å². The van der Waals surface area contributed by atoms with Crippen molar-refractivity contribution in [3.63, 3.8) is 0 Å². The fraction of sp³-hybridized carbons (Fsp3) is 0.571. The van der Waals surface area contributed by atoms with Gasteiger partial charge in [0.15, 0.2) is 0 Å². The second-order valence-corrected chi connectivity index (χ2v) is 6.24. The lowest BCUT2D eigenvalue weighted by Gasteiger charge is -2.14. The van der Waals surface area contributed by atoms with Crippen molar-refractivity contribution in [2.24, 2.45) is 11.3 Å². The van der Waals surface area contributed by atoms with Gasteiger partial charge in [-0.3, -0.25) is 4.79 Å². The zero-order chi connectivity index (χ0) is 16.9. The number of aryl methyl sites for hydroxylation is 1. The van der Waals surface area contributed by atoms with E-state index in [9.17, 15) is 18.0 Å². The Morgan fingerprint density at radius 1 is 1.50 bits per heavy atom. The first kappa shape index (κ1) is 16.9. The molecule has 4 nitrogen and oxygen atoms in total. The van der Waals surface area contributed by atoms with E-state index in [1.165, 1.54) is 13.2 Å². The van der Waals surface area contributed by atoms with Crippen molar-refractivity contribution in [2.45, 2.75) is 32.4 Å². The van der Waals surface area contributed by atoms with E-state index in [4.69, 9.17) is 20.9 Å². The molecule has 0 spiro atoms. The molecule has 1 aromatic heterocycles. The fourth-order valence-electron chi connectivity index (χ4n) is 3.07. The molecule has 8 heteroatoms. The van der Waals surface area contributed by atoms with Crippen LogP contribution < -0.4 is 0 Å². The van der Waals surface area contributed by atoms with E-state index < -0.39 is 33.9 Å². The number of methoxy groups -OCH3 is 1. The van der Waals surface area contributed by atoms with Crippen molar-refractivity contribution in [1.29, 1.82) is 0 Å². The Hall–Kier alpha value is -1.50. The second kappa shape index (κ2) is 5.01. The molecule has 1 saturated carbocycles. The van der Waals surface area contributed by atoms with Crippen molar-refractivity contribution >= 4 is 17.6 Å². The summed E-state index contributed by atoms with van der Waals surface area (Å²) in [6, 6.07) is 1.52. The summed E-state index contributed by atoms with van der Waals surface area (Å²) in [4.78, 5) is 12.3. The molecule has 0 radical (unpaired) electrons. The monoisotopic (exact) mass is 337 g/mol. The number of halogens is 4. The zero-order valence-corrected chi connectivity index (χ0v) is 13.2. The van der Waals surface area contributed by atoms with Gasteiger partial charge in [-0.25, -0.2) is 0 Å². The highest BCUT2D eigenvalue weighted by Crippen LogP contribution is 2.70. The molecule has 1 aliphatic carbocycles. The summed E-state index contributed by atoms with van der Waals surface area (Å²) in [5, 5.41) is 2.54. The summed E-state index contributed by atoms with van der Waals surface area (Å²) in [5.74, 6) is -1.02. The largest absolute Gasteiger partial charge is 0.468 e. The maximum Gasteiger partial charge on any atom is 0.426 e. The molecule has 0 amide bonds. The Balaban J connectivity index is 2.54. The molecule has 1 aromatic rings. The summed E-state index contributed by atoms with van der Waals surface area (Å²) in [5.41, 5.74) is -1.94. The quantitative estimate of drug-likeness (QED) is 0.788. The van der Waals surface area contributed by atoms with Gasteiger partial charge in [-0.05, 0) is 12.3 Å². The lowest BCUT2D eigenvalue weighted by Crippen LogP contribution is -2.28. The van der Waals surface area contributed by atoms with Crippen LogP contribution in [0.3, 0.4) is 0 Å². The van der Waals surface area contributed by atoms with Crippen LogP contribution in [0.15, 0.2) is 21.7 Å². The number of hydrogen-bond donors (Lipinski definition) is 0. The predicted octanol–water partition coefficient (Wildman–Crippen LogP) is 3.73. The van der Waals surface area contributed by atoms with E-state index >= 15 is 0 Å². The lowest BCUT2D eigenvalue weighted by atomic mass is 9.92. The molecule has 0 N–H and O–H groups in total. The smallest absolute Gasteiger partial charge is 0.426 e. The predicted molar refractivity (Wildman–Crippen MR) is 72.2 cm³/mol. The fourth-order valence-corrected chi connectivity index (χ4v) is 3.20. The van der Waals surface area contributed by atoms with E-state index in [2.05, 4.69) is 5.16 Å². The maximum absolute atomic E-state index is 12.7. The highest BCUT2D eigenvalue weighted by molar-refractivity contribution is 6.30. The first-order valence-corrected chi connectivity index (χ1v) is 6.84. The molecule has 1 aliphatic rings. The molecule has 122 valence electrons. The molecule has 0 bridgehead atoms. The number of allylic oxidation sites excluding steroid dienone is 2. The number of aromatic nitrogens is 1. The number of rotatable bonds is 3. The molecule has 0 unspecified atom stereocenters. The summed E-state index contributed by atoms with van der Waals surface area (Å²) in [6.45, 7) is 4.95. The lowest BCUT2D eigenvalue weighted by molar-refractivity contribution is -0.145. The van der Waals surface area contributed by atoms with Crippen LogP contribution >= 0.6 is 11.6 Å². The van der Waals surface area contributed by atoms with Gasteiger partial charge in [0.25, 0.3) is 0 Å². The van der Waals surface area contributed by atoms with Crippen LogP contribution in [-0.2, 0) is 14.9 Å². The third-order valence-electron chi connectivity index (χ3n) is 4.30. The van der Waals surface area contributed by atoms with Crippen molar-refractivity contribution in [3.8, 4) is 0 Å². The molecule has 0 aromatic carbocycles. The Labute approximate surface area is 130 Å². The number of carbonyl (C=O) groups excluding carboxylic acids is 1. The minimum Gasteiger partial charge on any atom is -0.468 e. The standard InChI is InChI=1S/C14H15ClF3NO3/c1-7-5-10(19-22-7)13(11(20)21-4)8(12(13,2)3)6-9(15)14(16,17)18/h5-6,8H,1-4H3/t8-,13-/m0/s1. The second-order valence-electron chi connectivity index (χ2n) is 5.83. The molecule has 1 fully saturated rings. The van der Waals surface area contributed by atoms with Crippen molar-refractivity contribution < 1.29 is 27.2 Å². The van der Waals surface area contributed by atoms with Crippen LogP contribution in [0.4, 0.5) is 13.2 Å². The van der Waals surface area contributed by atoms with Gasteiger partial charge in [0, 0.05) is 12.0 Å². The first-order chi connectivity index (χ1) is 9.99. The van der Waals surface area contributed by atoms with Gasteiger partial charge in [-0.1, -0.05) is 36.7 Å². The van der Waals surface area contributed by atoms with Crippen LogP contribution in [0.2, 0.25) is 0 Å². The topological polar surface area (TPSA) is 52.3 Å². The third-order valence-corrected chi connectivity index (χ3v) is 4.64. The van der Waals surface area contributed by atoms with Gasteiger partial charge >= 0.3 is 12.1 Å². The molecule has 2 atom stereocenters. The van der Waals surface area contributed by atoms with E-state index in [-0.39, 0.29) is 5.69 Å². The maximum atomic E-state index is 12.7. The molecular weight excluding hydrogens is 323 g/mol. The number of nitrogens with zero attached hydrogens (tertiary/aromatic N) is 1. The Kier molecular flexibility index (Phi) is 3.84. The average molecular weight is 338 g/mol. The highest BCUT2D eigenvalue weighted by atomic mass is 35.5. The number of carbonyl (C=O) groups is 1. The molecule has 1 heterocycles. The highest BCUT2D eigenvalue weighted by Gasteiger charge is 2.78. The molecule has 22 heavy (non-hydrogen) atoms. The van der Waals surface area contributed by atoms with E-state index in [0.717, 1.165) is 6.08 Å². The SMILES string of the molecule is COC(=O)[C@@]1(c2cc(C)on2)[C@@H](C=C(Cl)C(F)(F)F)C1(C)C. The summed E-state index contributed by atoms with van der Waals surface area (Å²) < 4.78 is 47.8. The zero-order valence-electron chi connectivity index (χ0n) is 12.4. The van der Waals surface area contributed by atoms with Crippen LogP contribution in [0.25, 0.3) is 0 Å².